The summed E-state index contributed by atoms with van der Waals surface area (Å²) in [5.74, 6) is 0.648. The molecule has 0 fully saturated rings. The molecule has 0 radical (unpaired) electrons. The van der Waals surface area contributed by atoms with E-state index in [4.69, 9.17) is 4.18 Å². The third-order valence-corrected chi connectivity index (χ3v) is 3.89. The van der Waals surface area contributed by atoms with Crippen LogP contribution in [0, 0.1) is 0 Å². The van der Waals surface area contributed by atoms with Gasteiger partial charge in [0.15, 0.2) is 5.16 Å². The van der Waals surface area contributed by atoms with Crippen LogP contribution in [0.2, 0.25) is 0 Å². The summed E-state index contributed by atoms with van der Waals surface area (Å²) in [5.41, 5.74) is 0. The Morgan fingerprint density at radius 3 is 2.82 bits per heavy atom. The van der Waals surface area contributed by atoms with Crippen molar-refractivity contribution in [2.24, 2.45) is 7.05 Å². The Kier molecular flexibility index (Phi) is 5.01. The molecule has 0 bridgehead atoms. The molecule has 0 saturated heterocycles. The summed E-state index contributed by atoms with van der Waals surface area (Å²) in [6.45, 7) is 3.43. The molecule has 96 valence electrons. The van der Waals surface area contributed by atoms with E-state index < -0.39 is 10.1 Å². The van der Waals surface area contributed by atoms with Crippen LogP contribution < -0.4 is 4.18 Å². The van der Waals surface area contributed by atoms with Crippen molar-refractivity contribution >= 4 is 21.9 Å². The number of nitrogens with zero attached hydrogens (tertiary/aromatic N) is 3. The van der Waals surface area contributed by atoms with E-state index in [1.165, 1.54) is 23.4 Å². The van der Waals surface area contributed by atoms with Crippen LogP contribution in [-0.4, -0.2) is 34.7 Å². The second-order valence-electron chi connectivity index (χ2n) is 3.11. The van der Waals surface area contributed by atoms with Crippen LogP contribution in [0.25, 0.3) is 0 Å². The quantitative estimate of drug-likeness (QED) is 0.442. The number of rotatable bonds is 6. The standard InChI is InChI=1S/C9H15N3O3S2/c1-4-6-7-16-9-10-8(11-12(9)3)15-17(13,14)5-2/h4,6H,5,7H2,1-3H3/b6-4+. The van der Waals surface area contributed by atoms with Gasteiger partial charge in [0, 0.05) is 12.8 Å². The van der Waals surface area contributed by atoms with Gasteiger partial charge in [0.05, 0.1) is 5.75 Å². The zero-order chi connectivity index (χ0) is 12.9. The number of aromatic nitrogens is 3. The van der Waals surface area contributed by atoms with Gasteiger partial charge in [0.25, 0.3) is 0 Å². The van der Waals surface area contributed by atoms with Crippen molar-refractivity contribution < 1.29 is 12.6 Å². The Bertz CT molecular complexity index is 494. The smallest absolute Gasteiger partial charge is 0.341 e. The maximum atomic E-state index is 11.2. The van der Waals surface area contributed by atoms with Crippen molar-refractivity contribution in [3.63, 3.8) is 0 Å². The van der Waals surface area contributed by atoms with Crippen molar-refractivity contribution in [2.75, 3.05) is 11.5 Å². The highest BCUT2D eigenvalue weighted by molar-refractivity contribution is 7.99. The van der Waals surface area contributed by atoms with Gasteiger partial charge in [-0.3, -0.25) is 0 Å². The Morgan fingerprint density at radius 1 is 1.53 bits per heavy atom. The monoisotopic (exact) mass is 277 g/mol. The third kappa shape index (κ3) is 4.39. The van der Waals surface area contributed by atoms with E-state index in [0.717, 1.165) is 5.75 Å². The first-order chi connectivity index (χ1) is 7.98. The fraction of sp³-hybridized carbons (Fsp3) is 0.556. The van der Waals surface area contributed by atoms with Gasteiger partial charge in [-0.15, -0.1) is 5.10 Å². The molecule has 0 spiro atoms. The lowest BCUT2D eigenvalue weighted by Gasteiger charge is -1.97. The maximum Gasteiger partial charge on any atom is 0.352 e. The van der Waals surface area contributed by atoms with Crippen LogP contribution in [0.4, 0.5) is 0 Å². The lowest BCUT2D eigenvalue weighted by molar-refractivity contribution is 0.463. The average Bonchev–Trinajstić information content (AvgIpc) is 2.59. The molecule has 0 aromatic carbocycles. The minimum atomic E-state index is -3.56. The Labute approximate surface area is 105 Å². The Morgan fingerprint density at radius 2 is 2.24 bits per heavy atom. The van der Waals surface area contributed by atoms with Gasteiger partial charge in [-0.05, 0) is 13.8 Å². The number of hydrogen-bond donors (Lipinski definition) is 0. The van der Waals surface area contributed by atoms with E-state index in [9.17, 15) is 8.42 Å². The molecule has 6 nitrogen and oxygen atoms in total. The summed E-state index contributed by atoms with van der Waals surface area (Å²) in [5, 5.41) is 4.50. The first-order valence-corrected chi connectivity index (χ1v) is 7.62. The fourth-order valence-corrected chi connectivity index (χ4v) is 2.12. The highest BCUT2D eigenvalue weighted by Gasteiger charge is 2.15. The van der Waals surface area contributed by atoms with Crippen LogP contribution in [0.5, 0.6) is 6.01 Å². The highest BCUT2D eigenvalue weighted by atomic mass is 32.2. The Hall–Kier alpha value is -1.02. The molecular weight excluding hydrogens is 262 g/mol. The molecule has 0 aliphatic heterocycles. The lowest BCUT2D eigenvalue weighted by atomic mass is 10.6. The molecule has 8 heteroatoms. The molecular formula is C9H15N3O3S2. The van der Waals surface area contributed by atoms with Crippen molar-refractivity contribution in [2.45, 2.75) is 19.0 Å². The second kappa shape index (κ2) is 6.06. The van der Waals surface area contributed by atoms with Gasteiger partial charge >= 0.3 is 16.1 Å². The fourth-order valence-electron chi connectivity index (χ4n) is 0.900. The predicted octanol–water partition coefficient (Wildman–Crippen LogP) is 1.21. The molecule has 0 atom stereocenters. The minimum absolute atomic E-state index is 0.105. The van der Waals surface area contributed by atoms with Crippen LogP contribution >= 0.6 is 11.8 Å². The molecule has 1 rings (SSSR count). The summed E-state index contributed by atoms with van der Waals surface area (Å²) in [4.78, 5) is 3.99. The normalized spacial score (nSPS) is 12.2. The minimum Gasteiger partial charge on any atom is -0.341 e. The number of aryl methyl sites for hydroxylation is 1. The van der Waals surface area contributed by atoms with Crippen LogP contribution in [0.1, 0.15) is 13.8 Å². The van der Waals surface area contributed by atoms with Crippen LogP contribution in [0.15, 0.2) is 17.3 Å². The van der Waals surface area contributed by atoms with E-state index in [0.29, 0.717) is 5.16 Å². The van der Waals surface area contributed by atoms with E-state index in [1.807, 2.05) is 19.1 Å². The molecule has 1 aromatic heterocycles. The van der Waals surface area contributed by atoms with Crippen LogP contribution in [-0.2, 0) is 17.2 Å². The molecule has 0 amide bonds. The van der Waals surface area contributed by atoms with E-state index in [-0.39, 0.29) is 11.8 Å². The molecule has 0 aliphatic rings. The SMILES string of the molecule is C/C=C/CSc1nc(OS(=O)(=O)CC)nn1C. The highest BCUT2D eigenvalue weighted by Crippen LogP contribution is 2.18. The molecule has 0 saturated carbocycles. The third-order valence-electron chi connectivity index (χ3n) is 1.80. The topological polar surface area (TPSA) is 74.1 Å². The average molecular weight is 277 g/mol. The first-order valence-electron chi connectivity index (χ1n) is 5.05. The molecule has 0 aliphatic carbocycles. The molecule has 17 heavy (non-hydrogen) atoms. The zero-order valence-electron chi connectivity index (χ0n) is 9.95. The van der Waals surface area contributed by atoms with E-state index in [1.54, 1.807) is 7.05 Å². The summed E-state index contributed by atoms with van der Waals surface area (Å²) in [6, 6.07) is -0.127. The van der Waals surface area contributed by atoms with Crippen molar-refractivity contribution in [3.05, 3.63) is 12.2 Å². The Balaban J connectivity index is 2.74. The van der Waals surface area contributed by atoms with E-state index >= 15 is 0 Å². The molecule has 1 heterocycles. The van der Waals surface area contributed by atoms with Gasteiger partial charge in [0.2, 0.25) is 0 Å². The number of hydrogen-bond acceptors (Lipinski definition) is 6. The zero-order valence-corrected chi connectivity index (χ0v) is 11.6. The molecule has 0 unspecified atom stereocenters. The van der Waals surface area contributed by atoms with Gasteiger partial charge in [0.1, 0.15) is 0 Å². The van der Waals surface area contributed by atoms with Gasteiger partial charge in [-0.1, -0.05) is 23.9 Å². The largest absolute Gasteiger partial charge is 0.352 e. The van der Waals surface area contributed by atoms with Crippen LogP contribution in [0.3, 0.4) is 0 Å². The van der Waals surface area contributed by atoms with Crippen molar-refractivity contribution in [1.82, 2.24) is 14.8 Å². The van der Waals surface area contributed by atoms with Crippen molar-refractivity contribution in [3.8, 4) is 6.01 Å². The predicted molar refractivity (Wildman–Crippen MR) is 66.6 cm³/mol. The van der Waals surface area contributed by atoms with Gasteiger partial charge < -0.3 is 4.18 Å². The maximum absolute atomic E-state index is 11.2. The lowest BCUT2D eigenvalue weighted by Crippen LogP contribution is -2.12. The summed E-state index contributed by atoms with van der Waals surface area (Å²) >= 11 is 1.45. The van der Waals surface area contributed by atoms with Gasteiger partial charge in [-0.2, -0.15) is 13.4 Å². The molecule has 0 N–H and O–H groups in total. The second-order valence-corrected chi connectivity index (χ2v) is 5.96. The summed E-state index contributed by atoms with van der Waals surface area (Å²) < 4.78 is 28.7. The first kappa shape index (κ1) is 14.0. The van der Waals surface area contributed by atoms with Crippen molar-refractivity contribution in [1.29, 1.82) is 0 Å². The summed E-state index contributed by atoms with van der Waals surface area (Å²) in [6.07, 6.45) is 3.91. The van der Waals surface area contributed by atoms with E-state index in [2.05, 4.69) is 10.1 Å². The summed E-state index contributed by atoms with van der Waals surface area (Å²) in [7, 11) is -1.87. The number of allylic oxidation sites excluding steroid dienone is 1. The van der Waals surface area contributed by atoms with Gasteiger partial charge in [-0.25, -0.2) is 4.68 Å². The molecule has 1 aromatic rings. The number of thioether (sulfide) groups is 1.